The molecule has 26 heavy (non-hydrogen) atoms. The molecule has 1 aliphatic carbocycles. The van der Waals surface area contributed by atoms with E-state index in [4.69, 9.17) is 0 Å². The molecule has 1 aliphatic rings. The topological polar surface area (TPSA) is 74.8 Å². The second kappa shape index (κ2) is 6.96. The van der Waals surface area contributed by atoms with Crippen LogP contribution in [0, 0.1) is 0 Å². The summed E-state index contributed by atoms with van der Waals surface area (Å²) in [5.74, 6) is 1.08. The van der Waals surface area contributed by atoms with Gasteiger partial charge in [-0.15, -0.1) is 0 Å². The molecular formula is C21H19N3O2. The molecule has 1 heterocycles. The Kier molecular flexibility index (Phi) is 4.35. The quantitative estimate of drug-likeness (QED) is 0.664. The molecule has 2 N–H and O–H groups in total. The average molecular weight is 345 g/mol. The van der Waals surface area contributed by atoms with Crippen molar-refractivity contribution in [1.82, 2.24) is 10.2 Å². The number of rotatable bonds is 6. The molecule has 1 aromatic heterocycles. The first-order valence-corrected chi connectivity index (χ1v) is 8.71. The maximum atomic E-state index is 12.2. The Hall–Kier alpha value is -3.21. The van der Waals surface area contributed by atoms with Crippen LogP contribution in [0.3, 0.4) is 0 Å². The molecular weight excluding hydrogens is 326 g/mol. The van der Waals surface area contributed by atoms with Gasteiger partial charge in [0.25, 0.3) is 0 Å². The largest absolute Gasteiger partial charge is 0.309 e. The highest BCUT2D eigenvalue weighted by Crippen LogP contribution is 2.39. The van der Waals surface area contributed by atoms with Crippen LogP contribution in [0.25, 0.3) is 11.1 Å². The van der Waals surface area contributed by atoms with E-state index >= 15 is 0 Å². The standard InChI is InChI=1S/C21H19N3O2/c25-13-15-2-1-3-18(10-15)16-6-4-14(5-7-16)11-21(26)22-20-12-19(23-24-20)17-8-9-17/h1-7,10,12-13,17H,8-9,11H2,(H2,22,23,24,26). The lowest BCUT2D eigenvalue weighted by atomic mass is 10.0. The molecule has 5 heteroatoms. The Labute approximate surface area is 151 Å². The average Bonchev–Trinajstić information content (AvgIpc) is 3.42. The van der Waals surface area contributed by atoms with E-state index in [9.17, 15) is 9.59 Å². The number of aromatic nitrogens is 2. The number of aromatic amines is 1. The van der Waals surface area contributed by atoms with Crippen LogP contribution in [-0.2, 0) is 11.2 Å². The summed E-state index contributed by atoms with van der Waals surface area (Å²) in [5, 5.41) is 9.96. The zero-order valence-electron chi connectivity index (χ0n) is 14.2. The van der Waals surface area contributed by atoms with Gasteiger partial charge in [0.2, 0.25) is 5.91 Å². The van der Waals surface area contributed by atoms with Crippen molar-refractivity contribution >= 4 is 18.0 Å². The Morgan fingerprint density at radius 3 is 2.65 bits per heavy atom. The van der Waals surface area contributed by atoms with Crippen LogP contribution < -0.4 is 5.32 Å². The first-order chi connectivity index (χ1) is 12.7. The summed E-state index contributed by atoms with van der Waals surface area (Å²) in [4.78, 5) is 23.1. The van der Waals surface area contributed by atoms with Crippen LogP contribution in [0.2, 0.25) is 0 Å². The van der Waals surface area contributed by atoms with Gasteiger partial charge in [-0.1, -0.05) is 42.5 Å². The predicted molar refractivity (Wildman–Crippen MR) is 100 cm³/mol. The van der Waals surface area contributed by atoms with Crippen LogP contribution in [0.15, 0.2) is 54.6 Å². The molecule has 3 aromatic rings. The molecule has 1 saturated carbocycles. The highest BCUT2D eigenvalue weighted by Gasteiger charge is 2.25. The minimum absolute atomic E-state index is 0.0884. The van der Waals surface area contributed by atoms with Crippen molar-refractivity contribution in [2.75, 3.05) is 5.32 Å². The molecule has 0 saturated heterocycles. The van der Waals surface area contributed by atoms with Crippen molar-refractivity contribution in [3.63, 3.8) is 0 Å². The van der Waals surface area contributed by atoms with Gasteiger partial charge in [-0.3, -0.25) is 14.7 Å². The highest BCUT2D eigenvalue weighted by molar-refractivity contribution is 5.91. The van der Waals surface area contributed by atoms with Gasteiger partial charge in [-0.05, 0) is 35.6 Å². The van der Waals surface area contributed by atoms with Crippen molar-refractivity contribution in [1.29, 1.82) is 0 Å². The Bertz CT molecular complexity index is 940. The van der Waals surface area contributed by atoms with Crippen LogP contribution in [0.1, 0.15) is 40.4 Å². The normalized spacial score (nSPS) is 13.4. The van der Waals surface area contributed by atoms with Gasteiger partial charge in [0.05, 0.1) is 6.42 Å². The number of H-pyrrole nitrogens is 1. The van der Waals surface area contributed by atoms with E-state index in [0.717, 1.165) is 28.7 Å². The van der Waals surface area contributed by atoms with Crippen molar-refractivity contribution in [3.8, 4) is 11.1 Å². The van der Waals surface area contributed by atoms with Crippen LogP contribution in [0.4, 0.5) is 5.82 Å². The van der Waals surface area contributed by atoms with E-state index in [1.165, 1.54) is 12.8 Å². The second-order valence-corrected chi connectivity index (χ2v) is 6.65. The van der Waals surface area contributed by atoms with E-state index in [-0.39, 0.29) is 5.91 Å². The summed E-state index contributed by atoms with van der Waals surface area (Å²) in [6.45, 7) is 0. The van der Waals surface area contributed by atoms with E-state index < -0.39 is 0 Å². The molecule has 0 aliphatic heterocycles. The third kappa shape index (κ3) is 3.72. The molecule has 130 valence electrons. The molecule has 0 unspecified atom stereocenters. The second-order valence-electron chi connectivity index (χ2n) is 6.65. The number of hydrogen-bond donors (Lipinski definition) is 2. The lowest BCUT2D eigenvalue weighted by Gasteiger charge is -2.05. The molecule has 0 radical (unpaired) electrons. The fourth-order valence-electron chi connectivity index (χ4n) is 2.98. The first kappa shape index (κ1) is 16.3. The number of benzene rings is 2. The molecule has 1 fully saturated rings. The lowest BCUT2D eigenvalue weighted by molar-refractivity contribution is -0.115. The zero-order valence-corrected chi connectivity index (χ0v) is 14.2. The van der Waals surface area contributed by atoms with Gasteiger partial charge in [-0.25, -0.2) is 0 Å². The van der Waals surface area contributed by atoms with Crippen molar-refractivity contribution in [2.45, 2.75) is 25.2 Å². The van der Waals surface area contributed by atoms with E-state index in [2.05, 4.69) is 15.5 Å². The maximum Gasteiger partial charge on any atom is 0.229 e. The Morgan fingerprint density at radius 1 is 1.12 bits per heavy atom. The summed E-state index contributed by atoms with van der Waals surface area (Å²) < 4.78 is 0. The van der Waals surface area contributed by atoms with Crippen LogP contribution in [0.5, 0.6) is 0 Å². The van der Waals surface area contributed by atoms with Gasteiger partial charge >= 0.3 is 0 Å². The SMILES string of the molecule is O=Cc1cccc(-c2ccc(CC(=O)Nc3cc(C4CC4)[nH]n3)cc2)c1. The number of nitrogens with one attached hydrogen (secondary N) is 2. The third-order valence-electron chi connectivity index (χ3n) is 4.56. The van der Waals surface area contributed by atoms with E-state index in [1.807, 2.05) is 48.5 Å². The predicted octanol–water partition coefficient (Wildman–Crippen LogP) is 3.95. The number of hydrogen-bond acceptors (Lipinski definition) is 3. The molecule has 0 spiro atoms. The smallest absolute Gasteiger partial charge is 0.229 e. The molecule has 1 amide bonds. The molecule has 2 aromatic carbocycles. The number of carbonyl (C=O) groups excluding carboxylic acids is 2. The van der Waals surface area contributed by atoms with Crippen molar-refractivity contribution < 1.29 is 9.59 Å². The molecule has 0 atom stereocenters. The van der Waals surface area contributed by atoms with Gasteiger partial charge < -0.3 is 5.32 Å². The monoisotopic (exact) mass is 345 g/mol. The van der Waals surface area contributed by atoms with Crippen LogP contribution in [-0.4, -0.2) is 22.4 Å². The molecule has 5 nitrogen and oxygen atoms in total. The number of amides is 1. The lowest BCUT2D eigenvalue weighted by Crippen LogP contribution is -2.14. The summed E-state index contributed by atoms with van der Waals surface area (Å²) in [6, 6.07) is 17.2. The molecule has 0 bridgehead atoms. The van der Waals surface area contributed by atoms with Gasteiger partial charge in [-0.2, -0.15) is 5.10 Å². The summed E-state index contributed by atoms with van der Waals surface area (Å²) >= 11 is 0. The highest BCUT2D eigenvalue weighted by atomic mass is 16.1. The van der Waals surface area contributed by atoms with Crippen molar-refractivity contribution in [3.05, 3.63) is 71.4 Å². The van der Waals surface area contributed by atoms with E-state index in [1.54, 1.807) is 6.07 Å². The van der Waals surface area contributed by atoms with Gasteiger partial charge in [0, 0.05) is 23.2 Å². The maximum absolute atomic E-state index is 12.2. The summed E-state index contributed by atoms with van der Waals surface area (Å²) in [7, 11) is 0. The minimum Gasteiger partial charge on any atom is -0.309 e. The Balaban J connectivity index is 1.39. The fraction of sp³-hybridized carbons (Fsp3) is 0.190. The van der Waals surface area contributed by atoms with Crippen molar-refractivity contribution in [2.24, 2.45) is 0 Å². The first-order valence-electron chi connectivity index (χ1n) is 8.71. The van der Waals surface area contributed by atoms with Gasteiger partial charge in [0.1, 0.15) is 6.29 Å². The summed E-state index contributed by atoms with van der Waals surface area (Å²) in [6.07, 6.45) is 3.52. The van der Waals surface area contributed by atoms with E-state index in [0.29, 0.717) is 23.7 Å². The Morgan fingerprint density at radius 2 is 1.92 bits per heavy atom. The van der Waals surface area contributed by atoms with Crippen LogP contribution >= 0.6 is 0 Å². The number of nitrogens with zero attached hydrogens (tertiary/aromatic N) is 1. The molecule has 4 rings (SSSR count). The third-order valence-corrected chi connectivity index (χ3v) is 4.56. The zero-order chi connectivity index (χ0) is 17.9. The van der Waals surface area contributed by atoms with Gasteiger partial charge in [0.15, 0.2) is 5.82 Å². The summed E-state index contributed by atoms with van der Waals surface area (Å²) in [5.41, 5.74) is 4.67. The fourth-order valence-corrected chi connectivity index (χ4v) is 2.98. The number of aldehydes is 1. The number of anilines is 1. The number of carbonyl (C=O) groups is 2. The minimum atomic E-state index is -0.0884.